The van der Waals surface area contributed by atoms with Crippen LogP contribution in [0.3, 0.4) is 0 Å². The fourth-order valence-corrected chi connectivity index (χ4v) is 2.84. The average molecular weight is 387 g/mol. The van der Waals surface area contributed by atoms with E-state index in [0.29, 0.717) is 11.3 Å². The van der Waals surface area contributed by atoms with E-state index in [9.17, 15) is 9.59 Å². The molecule has 0 aliphatic carbocycles. The average Bonchev–Trinajstić information content (AvgIpc) is 2.78. The number of aromatic carboxylic acids is 1. The molecular formula is C13H10INO3S. The van der Waals surface area contributed by atoms with Gasteiger partial charge < -0.3 is 10.4 Å². The summed E-state index contributed by atoms with van der Waals surface area (Å²) in [7, 11) is 0. The first kappa shape index (κ1) is 14.0. The molecule has 0 atom stereocenters. The number of carboxylic acid groups (broad SMARTS) is 1. The Morgan fingerprint density at radius 1 is 1.26 bits per heavy atom. The molecule has 0 radical (unpaired) electrons. The third-order valence-electron chi connectivity index (χ3n) is 2.56. The van der Waals surface area contributed by atoms with Crippen LogP contribution in [-0.2, 0) is 0 Å². The Kier molecular flexibility index (Phi) is 4.20. The molecule has 1 aromatic carbocycles. The summed E-state index contributed by atoms with van der Waals surface area (Å²) in [6, 6.07) is 6.45. The first-order chi connectivity index (χ1) is 8.97. The van der Waals surface area contributed by atoms with Gasteiger partial charge in [-0.3, -0.25) is 4.79 Å². The van der Waals surface area contributed by atoms with Crippen molar-refractivity contribution in [3.8, 4) is 0 Å². The van der Waals surface area contributed by atoms with Gasteiger partial charge in [-0.05, 0) is 53.3 Å². The summed E-state index contributed by atoms with van der Waals surface area (Å²) in [6.07, 6.45) is 0. The summed E-state index contributed by atoms with van der Waals surface area (Å²) >= 11 is 3.63. The van der Waals surface area contributed by atoms with Crippen molar-refractivity contribution >= 4 is 51.5 Å². The van der Waals surface area contributed by atoms with Crippen LogP contribution < -0.4 is 5.32 Å². The van der Waals surface area contributed by atoms with Crippen molar-refractivity contribution in [2.45, 2.75) is 6.92 Å². The van der Waals surface area contributed by atoms with Crippen molar-refractivity contribution in [3.63, 3.8) is 0 Å². The third kappa shape index (κ3) is 3.32. The first-order valence-corrected chi connectivity index (χ1v) is 7.32. The van der Waals surface area contributed by atoms with Gasteiger partial charge in [-0.2, -0.15) is 0 Å². The minimum absolute atomic E-state index is 0.154. The molecule has 6 heteroatoms. The van der Waals surface area contributed by atoms with Crippen LogP contribution in [0.25, 0.3) is 0 Å². The second-order valence-electron chi connectivity index (χ2n) is 3.93. The van der Waals surface area contributed by atoms with E-state index in [4.69, 9.17) is 5.11 Å². The summed E-state index contributed by atoms with van der Waals surface area (Å²) in [6.45, 7) is 1.82. The van der Waals surface area contributed by atoms with Gasteiger partial charge in [0.15, 0.2) is 0 Å². The molecular weight excluding hydrogens is 377 g/mol. The standard InChI is InChI=1S/C13H10INO3S/c1-7-2-3-8(13(17)18)4-10(7)15-12(16)9-5-11(14)19-6-9/h2-6H,1H3,(H,15,16)(H,17,18). The number of anilines is 1. The van der Waals surface area contributed by atoms with Crippen LogP contribution >= 0.6 is 33.9 Å². The molecule has 4 nitrogen and oxygen atoms in total. The molecule has 1 amide bonds. The maximum atomic E-state index is 12.0. The lowest BCUT2D eigenvalue weighted by Crippen LogP contribution is -2.12. The highest BCUT2D eigenvalue weighted by Gasteiger charge is 2.11. The highest BCUT2D eigenvalue weighted by atomic mass is 127. The topological polar surface area (TPSA) is 66.4 Å². The van der Waals surface area contributed by atoms with E-state index in [1.165, 1.54) is 23.5 Å². The van der Waals surface area contributed by atoms with Crippen LogP contribution in [0.1, 0.15) is 26.3 Å². The number of aryl methyl sites for hydroxylation is 1. The van der Waals surface area contributed by atoms with Crippen LogP contribution in [0, 0.1) is 9.81 Å². The van der Waals surface area contributed by atoms with Gasteiger partial charge >= 0.3 is 5.97 Å². The van der Waals surface area contributed by atoms with Gasteiger partial charge in [0.1, 0.15) is 0 Å². The summed E-state index contributed by atoms with van der Waals surface area (Å²) in [5.41, 5.74) is 2.07. The number of amides is 1. The third-order valence-corrected chi connectivity index (χ3v) is 4.35. The molecule has 0 spiro atoms. The van der Waals surface area contributed by atoms with Gasteiger partial charge in [-0.15, -0.1) is 11.3 Å². The number of benzene rings is 1. The van der Waals surface area contributed by atoms with Crippen LogP contribution in [-0.4, -0.2) is 17.0 Å². The Morgan fingerprint density at radius 3 is 2.58 bits per heavy atom. The molecule has 2 aromatic rings. The van der Waals surface area contributed by atoms with Crippen molar-refractivity contribution < 1.29 is 14.7 Å². The van der Waals surface area contributed by atoms with Gasteiger partial charge in [-0.25, -0.2) is 4.79 Å². The number of thiophene rings is 1. The quantitative estimate of drug-likeness (QED) is 0.791. The maximum Gasteiger partial charge on any atom is 0.335 e. The second kappa shape index (κ2) is 5.70. The fraction of sp³-hybridized carbons (Fsp3) is 0.0769. The Morgan fingerprint density at radius 2 is 2.00 bits per heavy atom. The number of carbonyl (C=O) groups is 2. The number of halogens is 1. The summed E-state index contributed by atoms with van der Waals surface area (Å²) < 4.78 is 1.03. The highest BCUT2D eigenvalue weighted by molar-refractivity contribution is 14.1. The van der Waals surface area contributed by atoms with Gasteiger partial charge in [0, 0.05) is 11.1 Å². The van der Waals surface area contributed by atoms with Gasteiger partial charge in [0.25, 0.3) is 5.91 Å². The van der Waals surface area contributed by atoms with E-state index in [-0.39, 0.29) is 11.5 Å². The number of rotatable bonds is 3. The summed E-state index contributed by atoms with van der Waals surface area (Å²) in [5, 5.41) is 13.5. The second-order valence-corrected chi connectivity index (χ2v) is 6.73. The number of hydrogen-bond donors (Lipinski definition) is 2. The van der Waals surface area contributed by atoms with Crippen LogP contribution in [0.4, 0.5) is 5.69 Å². The Hall–Kier alpha value is -1.41. The number of nitrogens with one attached hydrogen (secondary N) is 1. The summed E-state index contributed by atoms with van der Waals surface area (Å²) in [4.78, 5) is 22.9. The smallest absolute Gasteiger partial charge is 0.335 e. The zero-order valence-corrected chi connectivity index (χ0v) is 12.9. The van der Waals surface area contributed by atoms with E-state index in [0.717, 1.165) is 8.45 Å². The van der Waals surface area contributed by atoms with Gasteiger partial charge in [0.05, 0.1) is 14.0 Å². The van der Waals surface area contributed by atoms with E-state index in [2.05, 4.69) is 27.9 Å². The molecule has 2 rings (SSSR count). The molecule has 2 N–H and O–H groups in total. The van der Waals surface area contributed by atoms with Crippen molar-refractivity contribution in [3.05, 3.63) is 49.2 Å². The zero-order chi connectivity index (χ0) is 14.0. The predicted octanol–water partition coefficient (Wildman–Crippen LogP) is 3.61. The van der Waals surface area contributed by atoms with Crippen molar-refractivity contribution in [1.82, 2.24) is 0 Å². The lowest BCUT2D eigenvalue weighted by molar-refractivity contribution is 0.0696. The molecule has 1 heterocycles. The molecule has 98 valence electrons. The number of hydrogen-bond acceptors (Lipinski definition) is 3. The van der Waals surface area contributed by atoms with Crippen molar-refractivity contribution in [2.24, 2.45) is 0 Å². The first-order valence-electron chi connectivity index (χ1n) is 5.36. The van der Waals surface area contributed by atoms with Gasteiger partial charge in [-0.1, -0.05) is 6.07 Å². The largest absolute Gasteiger partial charge is 0.478 e. The maximum absolute atomic E-state index is 12.0. The molecule has 0 saturated carbocycles. The molecule has 0 fully saturated rings. The number of carboxylic acids is 1. The van der Waals surface area contributed by atoms with Crippen LogP contribution in [0.2, 0.25) is 0 Å². The minimum atomic E-state index is -1.01. The molecule has 0 saturated heterocycles. The Balaban J connectivity index is 2.25. The lowest BCUT2D eigenvalue weighted by atomic mass is 10.1. The van der Waals surface area contributed by atoms with E-state index < -0.39 is 5.97 Å². The molecule has 0 unspecified atom stereocenters. The minimum Gasteiger partial charge on any atom is -0.478 e. The van der Waals surface area contributed by atoms with Crippen LogP contribution in [0.5, 0.6) is 0 Å². The van der Waals surface area contributed by atoms with Gasteiger partial charge in [0.2, 0.25) is 0 Å². The normalized spacial score (nSPS) is 10.2. The van der Waals surface area contributed by atoms with E-state index in [1.807, 2.05) is 6.92 Å². The number of carbonyl (C=O) groups excluding carboxylic acids is 1. The lowest BCUT2D eigenvalue weighted by Gasteiger charge is -2.08. The fourth-order valence-electron chi connectivity index (χ4n) is 1.51. The monoisotopic (exact) mass is 387 g/mol. The Labute approximate surface area is 127 Å². The van der Waals surface area contributed by atoms with Crippen molar-refractivity contribution in [2.75, 3.05) is 5.32 Å². The zero-order valence-electron chi connectivity index (χ0n) is 9.94. The molecule has 0 bridgehead atoms. The highest BCUT2D eigenvalue weighted by Crippen LogP contribution is 2.21. The molecule has 19 heavy (non-hydrogen) atoms. The predicted molar refractivity (Wildman–Crippen MR) is 83.1 cm³/mol. The SMILES string of the molecule is Cc1ccc(C(=O)O)cc1NC(=O)c1csc(I)c1. The van der Waals surface area contributed by atoms with Crippen LogP contribution in [0.15, 0.2) is 29.6 Å². The molecule has 0 aliphatic rings. The van der Waals surface area contributed by atoms with E-state index >= 15 is 0 Å². The molecule has 0 aliphatic heterocycles. The van der Waals surface area contributed by atoms with E-state index in [1.54, 1.807) is 17.5 Å². The molecule has 1 aromatic heterocycles. The van der Waals surface area contributed by atoms with Crippen molar-refractivity contribution in [1.29, 1.82) is 0 Å². The summed E-state index contributed by atoms with van der Waals surface area (Å²) in [5.74, 6) is -1.25. The Bertz CT molecular complexity index is 651.